The highest BCUT2D eigenvalue weighted by Gasteiger charge is 2.17. The van der Waals surface area contributed by atoms with E-state index in [2.05, 4.69) is 5.32 Å². The van der Waals surface area contributed by atoms with Gasteiger partial charge in [-0.25, -0.2) is 0 Å². The quantitative estimate of drug-likeness (QED) is 0.784. The lowest BCUT2D eigenvalue weighted by Gasteiger charge is -2.25. The van der Waals surface area contributed by atoms with Gasteiger partial charge in [-0.3, -0.25) is 4.79 Å². The van der Waals surface area contributed by atoms with Gasteiger partial charge in [-0.1, -0.05) is 25.3 Å². The maximum absolute atomic E-state index is 11.9. The molecule has 0 atom stereocenters. The molecule has 0 aliphatic heterocycles. The van der Waals surface area contributed by atoms with Crippen molar-refractivity contribution in [2.75, 3.05) is 12.3 Å². The maximum atomic E-state index is 11.9. The lowest BCUT2D eigenvalue weighted by Crippen LogP contribution is -2.28. The average Bonchev–Trinajstić information content (AvgIpc) is 2.25. The van der Waals surface area contributed by atoms with Gasteiger partial charge >= 0.3 is 0 Å². The number of hydrogen-bond donors (Lipinski definition) is 2. The molecule has 1 aromatic rings. The van der Waals surface area contributed by atoms with E-state index in [1.165, 1.54) is 19.3 Å². The Hall–Kier alpha value is -1.51. The van der Waals surface area contributed by atoms with Crippen molar-refractivity contribution in [1.82, 2.24) is 5.32 Å². The first-order valence-electron chi connectivity index (χ1n) is 6.31. The van der Waals surface area contributed by atoms with Crippen molar-refractivity contribution in [2.45, 2.75) is 32.6 Å². The molecule has 1 saturated carbocycles. The third kappa shape index (κ3) is 2.99. The molecule has 3 nitrogen and oxygen atoms in total. The second-order valence-electron chi connectivity index (χ2n) is 4.92. The highest BCUT2D eigenvalue weighted by atomic mass is 16.1. The maximum Gasteiger partial charge on any atom is 0.251 e. The summed E-state index contributed by atoms with van der Waals surface area (Å²) in [5, 5.41) is 2.97. The number of rotatable bonds is 4. The smallest absolute Gasteiger partial charge is 0.251 e. The Morgan fingerprint density at radius 2 is 2.24 bits per heavy atom. The fraction of sp³-hybridized carbons (Fsp3) is 0.500. The SMILES string of the molecule is Cc1ccc(N)cc1C(=O)NCCC1CCC1. The minimum Gasteiger partial charge on any atom is -0.399 e. The van der Waals surface area contributed by atoms with E-state index in [4.69, 9.17) is 5.73 Å². The Morgan fingerprint density at radius 3 is 2.88 bits per heavy atom. The molecule has 0 bridgehead atoms. The van der Waals surface area contributed by atoms with Gasteiger partial charge in [-0.2, -0.15) is 0 Å². The summed E-state index contributed by atoms with van der Waals surface area (Å²) in [6.45, 7) is 2.71. The average molecular weight is 232 g/mol. The molecular weight excluding hydrogens is 212 g/mol. The van der Waals surface area contributed by atoms with E-state index in [0.29, 0.717) is 11.3 Å². The molecule has 0 unspecified atom stereocenters. The van der Waals surface area contributed by atoms with Gasteiger partial charge < -0.3 is 11.1 Å². The first-order chi connectivity index (χ1) is 8.16. The highest BCUT2D eigenvalue weighted by Crippen LogP contribution is 2.28. The monoisotopic (exact) mass is 232 g/mol. The summed E-state index contributed by atoms with van der Waals surface area (Å²) >= 11 is 0. The largest absolute Gasteiger partial charge is 0.399 e. The van der Waals surface area contributed by atoms with Crippen LogP contribution < -0.4 is 11.1 Å². The minimum absolute atomic E-state index is 0.00544. The molecule has 3 heteroatoms. The van der Waals surface area contributed by atoms with Crippen LogP contribution in [0.3, 0.4) is 0 Å². The van der Waals surface area contributed by atoms with Crippen LogP contribution in [0.25, 0.3) is 0 Å². The van der Waals surface area contributed by atoms with Crippen LogP contribution in [0.5, 0.6) is 0 Å². The van der Waals surface area contributed by atoms with Crippen molar-refractivity contribution in [2.24, 2.45) is 5.92 Å². The molecule has 17 heavy (non-hydrogen) atoms. The van der Waals surface area contributed by atoms with Crippen molar-refractivity contribution in [1.29, 1.82) is 0 Å². The number of hydrogen-bond acceptors (Lipinski definition) is 2. The topological polar surface area (TPSA) is 55.1 Å². The van der Waals surface area contributed by atoms with Crippen LogP contribution in [0.15, 0.2) is 18.2 Å². The zero-order valence-electron chi connectivity index (χ0n) is 10.3. The third-order valence-corrected chi connectivity index (χ3v) is 3.57. The number of carbonyl (C=O) groups excluding carboxylic acids is 1. The number of anilines is 1. The molecule has 1 aliphatic carbocycles. The van der Waals surface area contributed by atoms with Crippen molar-refractivity contribution in [3.8, 4) is 0 Å². The van der Waals surface area contributed by atoms with E-state index in [9.17, 15) is 4.79 Å². The summed E-state index contributed by atoms with van der Waals surface area (Å²) in [6.07, 6.45) is 5.11. The lowest BCUT2D eigenvalue weighted by molar-refractivity contribution is 0.0948. The number of carbonyl (C=O) groups is 1. The summed E-state index contributed by atoms with van der Waals surface area (Å²) in [5.74, 6) is 0.825. The summed E-state index contributed by atoms with van der Waals surface area (Å²) in [5.41, 5.74) is 8.00. The normalized spacial score (nSPS) is 15.4. The summed E-state index contributed by atoms with van der Waals surface area (Å²) in [6, 6.07) is 5.45. The van der Waals surface area contributed by atoms with Gasteiger partial charge in [0, 0.05) is 17.8 Å². The van der Waals surface area contributed by atoms with Crippen molar-refractivity contribution < 1.29 is 4.79 Å². The molecule has 0 heterocycles. The van der Waals surface area contributed by atoms with Crippen LogP contribution in [0.1, 0.15) is 41.6 Å². The summed E-state index contributed by atoms with van der Waals surface area (Å²) in [7, 11) is 0. The highest BCUT2D eigenvalue weighted by molar-refractivity contribution is 5.96. The fourth-order valence-electron chi connectivity index (χ4n) is 2.15. The van der Waals surface area contributed by atoms with Gasteiger partial charge in [-0.05, 0) is 37.0 Å². The lowest BCUT2D eigenvalue weighted by atomic mass is 9.83. The number of aryl methyl sites for hydroxylation is 1. The molecule has 0 radical (unpaired) electrons. The van der Waals surface area contributed by atoms with Crippen LogP contribution >= 0.6 is 0 Å². The Morgan fingerprint density at radius 1 is 1.47 bits per heavy atom. The van der Waals surface area contributed by atoms with Crippen LogP contribution in [0, 0.1) is 12.8 Å². The van der Waals surface area contributed by atoms with E-state index >= 15 is 0 Å². The molecule has 1 amide bonds. The van der Waals surface area contributed by atoms with Gasteiger partial charge in [0.1, 0.15) is 0 Å². The standard InChI is InChI=1S/C14H20N2O/c1-10-5-6-12(15)9-13(10)14(17)16-8-7-11-3-2-4-11/h5-6,9,11H,2-4,7-8,15H2,1H3,(H,16,17). The predicted octanol–water partition coefficient (Wildman–Crippen LogP) is 2.50. The van der Waals surface area contributed by atoms with E-state index in [0.717, 1.165) is 24.4 Å². The molecule has 92 valence electrons. The van der Waals surface area contributed by atoms with Gasteiger partial charge in [0.25, 0.3) is 5.91 Å². The number of amides is 1. The van der Waals surface area contributed by atoms with Crippen LogP contribution in [0.2, 0.25) is 0 Å². The van der Waals surface area contributed by atoms with Crippen molar-refractivity contribution >= 4 is 11.6 Å². The molecule has 0 spiro atoms. The van der Waals surface area contributed by atoms with Gasteiger partial charge in [0.05, 0.1) is 0 Å². The fourth-order valence-corrected chi connectivity index (χ4v) is 2.15. The molecular formula is C14H20N2O. The van der Waals surface area contributed by atoms with Gasteiger partial charge in [0.2, 0.25) is 0 Å². The van der Waals surface area contributed by atoms with Gasteiger partial charge in [0.15, 0.2) is 0 Å². The number of benzene rings is 1. The second-order valence-corrected chi connectivity index (χ2v) is 4.92. The predicted molar refractivity (Wildman–Crippen MR) is 69.9 cm³/mol. The Kier molecular flexibility index (Phi) is 3.67. The van der Waals surface area contributed by atoms with Crippen LogP contribution in [-0.2, 0) is 0 Å². The third-order valence-electron chi connectivity index (χ3n) is 3.57. The van der Waals surface area contributed by atoms with Crippen LogP contribution in [-0.4, -0.2) is 12.5 Å². The zero-order valence-corrected chi connectivity index (χ0v) is 10.3. The van der Waals surface area contributed by atoms with Crippen LogP contribution in [0.4, 0.5) is 5.69 Å². The van der Waals surface area contributed by atoms with Gasteiger partial charge in [-0.15, -0.1) is 0 Å². The van der Waals surface area contributed by atoms with E-state index in [1.54, 1.807) is 6.07 Å². The minimum atomic E-state index is -0.00544. The number of nitrogen functional groups attached to an aromatic ring is 1. The Labute approximate surface area is 102 Å². The molecule has 1 fully saturated rings. The number of nitrogens with two attached hydrogens (primary N) is 1. The molecule has 0 aromatic heterocycles. The summed E-state index contributed by atoms with van der Waals surface area (Å²) < 4.78 is 0. The molecule has 2 rings (SSSR count). The summed E-state index contributed by atoms with van der Waals surface area (Å²) in [4.78, 5) is 11.9. The zero-order chi connectivity index (χ0) is 12.3. The Bertz CT molecular complexity index is 411. The Balaban J connectivity index is 1.87. The van der Waals surface area contributed by atoms with E-state index < -0.39 is 0 Å². The first kappa shape index (κ1) is 12.0. The molecule has 1 aromatic carbocycles. The van der Waals surface area contributed by atoms with E-state index in [-0.39, 0.29) is 5.91 Å². The van der Waals surface area contributed by atoms with Crippen molar-refractivity contribution in [3.05, 3.63) is 29.3 Å². The molecule has 1 aliphatic rings. The van der Waals surface area contributed by atoms with E-state index in [1.807, 2.05) is 19.1 Å². The molecule has 3 N–H and O–H groups in total. The van der Waals surface area contributed by atoms with Crippen molar-refractivity contribution in [3.63, 3.8) is 0 Å². The second kappa shape index (κ2) is 5.21. The first-order valence-corrected chi connectivity index (χ1v) is 6.31. The number of nitrogens with one attached hydrogen (secondary N) is 1. The molecule has 0 saturated heterocycles.